The number of rotatable bonds is 4. The van der Waals surface area contributed by atoms with Crippen molar-refractivity contribution in [1.29, 1.82) is 0 Å². The molecule has 0 aliphatic heterocycles. The first-order chi connectivity index (χ1) is 5.77. The van der Waals surface area contributed by atoms with Crippen LogP contribution in [0.15, 0.2) is 0 Å². The predicted octanol–water partition coefficient (Wildman–Crippen LogP) is 0.495. The summed E-state index contributed by atoms with van der Waals surface area (Å²) in [7, 11) is 1.98. The Labute approximate surface area is 76.6 Å². The molecule has 2 N–H and O–H groups in total. The highest BCUT2D eigenvalue weighted by molar-refractivity contribution is 7.09. The van der Waals surface area contributed by atoms with Crippen molar-refractivity contribution in [1.82, 2.24) is 9.36 Å². The van der Waals surface area contributed by atoms with Gasteiger partial charge in [0.2, 0.25) is 5.13 Å². The van der Waals surface area contributed by atoms with Crippen LogP contribution < -0.4 is 10.6 Å². The standard InChI is InChI=1S/C7H14N4S/c1-3-6-9-7(12-10-6)11(2)5-4-8/h3-5,8H2,1-2H3. The molecule has 0 aliphatic carbocycles. The Bertz CT molecular complexity index is 235. The minimum Gasteiger partial charge on any atom is -0.349 e. The lowest BCUT2D eigenvalue weighted by Gasteiger charge is -2.12. The molecule has 5 heteroatoms. The zero-order valence-corrected chi connectivity index (χ0v) is 8.27. The van der Waals surface area contributed by atoms with Crippen LogP contribution in [0.25, 0.3) is 0 Å². The van der Waals surface area contributed by atoms with E-state index in [-0.39, 0.29) is 0 Å². The topological polar surface area (TPSA) is 55.0 Å². The van der Waals surface area contributed by atoms with Crippen LogP contribution in [-0.4, -0.2) is 29.5 Å². The predicted molar refractivity (Wildman–Crippen MR) is 51.6 cm³/mol. The minimum absolute atomic E-state index is 0.650. The van der Waals surface area contributed by atoms with Gasteiger partial charge in [-0.05, 0) is 0 Å². The molecule has 0 saturated heterocycles. The molecule has 0 fully saturated rings. The number of hydrogen-bond acceptors (Lipinski definition) is 5. The fraction of sp³-hybridized carbons (Fsp3) is 0.714. The lowest BCUT2D eigenvalue weighted by atomic mass is 10.5. The molecule has 0 unspecified atom stereocenters. The minimum atomic E-state index is 0.650. The van der Waals surface area contributed by atoms with E-state index in [0.717, 1.165) is 23.9 Å². The van der Waals surface area contributed by atoms with Crippen molar-refractivity contribution in [2.75, 3.05) is 25.0 Å². The molecular weight excluding hydrogens is 172 g/mol. The van der Waals surface area contributed by atoms with Crippen LogP contribution in [0.3, 0.4) is 0 Å². The Morgan fingerprint density at radius 3 is 2.83 bits per heavy atom. The van der Waals surface area contributed by atoms with Gasteiger partial charge in [-0.3, -0.25) is 0 Å². The lowest BCUT2D eigenvalue weighted by molar-refractivity contribution is 0.871. The fourth-order valence-electron chi connectivity index (χ4n) is 0.833. The molecule has 1 rings (SSSR count). The third-order valence-corrected chi connectivity index (χ3v) is 2.43. The maximum Gasteiger partial charge on any atom is 0.204 e. The summed E-state index contributed by atoms with van der Waals surface area (Å²) in [4.78, 5) is 6.35. The summed E-state index contributed by atoms with van der Waals surface area (Å²) in [6.07, 6.45) is 0.896. The van der Waals surface area contributed by atoms with Crippen molar-refractivity contribution in [3.63, 3.8) is 0 Å². The maximum atomic E-state index is 5.42. The Hall–Kier alpha value is -0.680. The maximum absolute atomic E-state index is 5.42. The summed E-state index contributed by atoms with van der Waals surface area (Å²) in [5.41, 5.74) is 5.42. The Morgan fingerprint density at radius 2 is 2.33 bits per heavy atom. The van der Waals surface area contributed by atoms with E-state index in [1.807, 2.05) is 11.9 Å². The molecule has 0 bridgehead atoms. The number of nitrogens with two attached hydrogens (primary N) is 1. The van der Waals surface area contributed by atoms with Crippen LogP contribution in [0.4, 0.5) is 5.13 Å². The Morgan fingerprint density at radius 1 is 1.58 bits per heavy atom. The van der Waals surface area contributed by atoms with E-state index in [9.17, 15) is 0 Å². The van der Waals surface area contributed by atoms with Crippen molar-refractivity contribution in [3.8, 4) is 0 Å². The van der Waals surface area contributed by atoms with Crippen molar-refractivity contribution < 1.29 is 0 Å². The first kappa shape index (κ1) is 9.41. The fourth-order valence-corrected chi connectivity index (χ4v) is 1.57. The molecule has 0 atom stereocenters. The molecule has 68 valence electrons. The zero-order chi connectivity index (χ0) is 8.97. The number of hydrogen-bond donors (Lipinski definition) is 1. The van der Waals surface area contributed by atoms with Crippen molar-refractivity contribution >= 4 is 16.7 Å². The van der Waals surface area contributed by atoms with Crippen LogP contribution in [0.5, 0.6) is 0 Å². The van der Waals surface area contributed by atoms with Crippen LogP contribution >= 0.6 is 11.5 Å². The molecule has 1 heterocycles. The molecule has 12 heavy (non-hydrogen) atoms. The summed E-state index contributed by atoms with van der Waals surface area (Å²) in [6.45, 7) is 3.53. The van der Waals surface area contributed by atoms with Gasteiger partial charge in [-0.15, -0.1) is 0 Å². The van der Waals surface area contributed by atoms with E-state index in [1.54, 1.807) is 0 Å². The van der Waals surface area contributed by atoms with Crippen LogP contribution in [-0.2, 0) is 6.42 Å². The summed E-state index contributed by atoms with van der Waals surface area (Å²) in [6, 6.07) is 0. The molecule has 0 spiro atoms. The lowest BCUT2D eigenvalue weighted by Crippen LogP contribution is -2.24. The number of aromatic nitrogens is 2. The second-order valence-electron chi connectivity index (χ2n) is 2.56. The van der Waals surface area contributed by atoms with Gasteiger partial charge >= 0.3 is 0 Å². The summed E-state index contributed by atoms with van der Waals surface area (Å²) >= 11 is 1.43. The first-order valence-electron chi connectivity index (χ1n) is 4.01. The average Bonchev–Trinajstić information content (AvgIpc) is 2.52. The van der Waals surface area contributed by atoms with Gasteiger partial charge in [-0.25, -0.2) is 4.98 Å². The van der Waals surface area contributed by atoms with Gasteiger partial charge in [0.05, 0.1) is 0 Å². The van der Waals surface area contributed by atoms with E-state index < -0.39 is 0 Å². The van der Waals surface area contributed by atoms with Crippen LogP contribution in [0, 0.1) is 0 Å². The number of nitrogens with zero attached hydrogens (tertiary/aromatic N) is 3. The van der Waals surface area contributed by atoms with Crippen LogP contribution in [0.1, 0.15) is 12.7 Å². The quantitative estimate of drug-likeness (QED) is 0.743. The van der Waals surface area contributed by atoms with Gasteiger partial charge in [-0.2, -0.15) is 4.37 Å². The molecule has 0 amide bonds. The molecule has 1 aromatic rings. The SMILES string of the molecule is CCc1nsc(N(C)CCN)n1. The van der Waals surface area contributed by atoms with Crippen molar-refractivity contribution in [2.24, 2.45) is 5.73 Å². The molecule has 0 saturated carbocycles. The van der Waals surface area contributed by atoms with Gasteiger partial charge in [-0.1, -0.05) is 6.92 Å². The third-order valence-electron chi connectivity index (χ3n) is 1.56. The van der Waals surface area contributed by atoms with Crippen molar-refractivity contribution in [2.45, 2.75) is 13.3 Å². The van der Waals surface area contributed by atoms with Gasteiger partial charge < -0.3 is 10.6 Å². The number of anilines is 1. The molecule has 4 nitrogen and oxygen atoms in total. The molecular formula is C7H14N4S. The van der Waals surface area contributed by atoms with Gasteiger partial charge in [0, 0.05) is 38.1 Å². The van der Waals surface area contributed by atoms with E-state index in [0.29, 0.717) is 6.54 Å². The first-order valence-corrected chi connectivity index (χ1v) is 4.79. The van der Waals surface area contributed by atoms with E-state index in [2.05, 4.69) is 16.3 Å². The average molecular weight is 186 g/mol. The van der Waals surface area contributed by atoms with E-state index in [4.69, 9.17) is 5.73 Å². The normalized spacial score (nSPS) is 10.2. The van der Waals surface area contributed by atoms with Crippen LogP contribution in [0.2, 0.25) is 0 Å². The molecule has 0 radical (unpaired) electrons. The second-order valence-corrected chi connectivity index (χ2v) is 3.29. The summed E-state index contributed by atoms with van der Waals surface area (Å²) < 4.78 is 4.19. The summed E-state index contributed by atoms with van der Waals surface area (Å²) in [5.74, 6) is 0.916. The van der Waals surface area contributed by atoms with Gasteiger partial charge in [0.25, 0.3) is 0 Å². The third kappa shape index (κ3) is 2.15. The number of likely N-dealkylation sites (N-methyl/N-ethyl adjacent to an activating group) is 1. The molecule has 0 aliphatic rings. The zero-order valence-electron chi connectivity index (χ0n) is 7.45. The molecule has 1 aromatic heterocycles. The number of aryl methyl sites for hydroxylation is 1. The Kier molecular flexibility index (Phi) is 3.43. The molecule has 0 aromatic carbocycles. The van der Waals surface area contributed by atoms with Crippen molar-refractivity contribution in [3.05, 3.63) is 5.82 Å². The van der Waals surface area contributed by atoms with Gasteiger partial charge in [0.15, 0.2) is 0 Å². The Balaban J connectivity index is 2.61. The van der Waals surface area contributed by atoms with Gasteiger partial charge in [0.1, 0.15) is 5.82 Å². The van der Waals surface area contributed by atoms with E-state index >= 15 is 0 Å². The van der Waals surface area contributed by atoms with E-state index in [1.165, 1.54) is 11.5 Å². The second kappa shape index (κ2) is 4.37. The highest BCUT2D eigenvalue weighted by Gasteiger charge is 2.05. The highest BCUT2D eigenvalue weighted by Crippen LogP contribution is 2.14. The highest BCUT2D eigenvalue weighted by atomic mass is 32.1. The monoisotopic (exact) mass is 186 g/mol. The largest absolute Gasteiger partial charge is 0.349 e. The summed E-state index contributed by atoms with van der Waals surface area (Å²) in [5, 5.41) is 0.956. The smallest absolute Gasteiger partial charge is 0.204 e.